The molecule has 1 aromatic heterocycles. The van der Waals surface area contributed by atoms with E-state index in [1.807, 2.05) is 19.1 Å². The first-order valence-corrected chi connectivity index (χ1v) is 6.23. The molecule has 1 atom stereocenters. The number of methoxy groups -OCH3 is 1. The predicted molar refractivity (Wildman–Crippen MR) is 72.7 cm³/mol. The number of pyridine rings is 1. The second-order valence-electron chi connectivity index (χ2n) is 4.13. The van der Waals surface area contributed by atoms with Crippen molar-refractivity contribution in [1.82, 2.24) is 10.3 Å². The Morgan fingerprint density at radius 3 is 2.63 bits per heavy atom. The van der Waals surface area contributed by atoms with Gasteiger partial charge in [-0.1, -0.05) is 19.1 Å². The summed E-state index contributed by atoms with van der Waals surface area (Å²) in [6.45, 7) is 2.73. The minimum absolute atomic E-state index is 0.205. The van der Waals surface area contributed by atoms with Crippen LogP contribution in [0, 0.1) is 5.82 Å². The molecule has 0 saturated heterocycles. The van der Waals surface area contributed by atoms with Gasteiger partial charge in [0.25, 0.3) is 0 Å². The molecule has 100 valence electrons. The Hall–Kier alpha value is -1.94. The molecule has 0 aliphatic carbocycles. The fourth-order valence-corrected chi connectivity index (χ4v) is 2.08. The van der Waals surface area contributed by atoms with Crippen LogP contribution in [-0.4, -0.2) is 18.6 Å². The summed E-state index contributed by atoms with van der Waals surface area (Å²) < 4.78 is 19.4. The molecule has 1 heterocycles. The molecule has 1 aromatic carbocycles. The topological polar surface area (TPSA) is 34.2 Å². The van der Waals surface area contributed by atoms with Crippen LogP contribution < -0.4 is 10.1 Å². The first-order valence-electron chi connectivity index (χ1n) is 6.23. The van der Waals surface area contributed by atoms with Crippen molar-refractivity contribution in [3.63, 3.8) is 0 Å². The van der Waals surface area contributed by atoms with Crippen molar-refractivity contribution in [2.45, 2.75) is 13.0 Å². The minimum atomic E-state index is -0.326. The van der Waals surface area contributed by atoms with E-state index in [1.165, 1.54) is 7.11 Å². The fraction of sp³-hybridized carbons (Fsp3) is 0.267. The zero-order valence-corrected chi connectivity index (χ0v) is 11.1. The molecule has 0 fully saturated rings. The molecular formula is C15H17FN2O. The Labute approximate surface area is 112 Å². The Morgan fingerprint density at radius 2 is 2.00 bits per heavy atom. The Morgan fingerprint density at radius 1 is 1.26 bits per heavy atom. The highest BCUT2D eigenvalue weighted by Crippen LogP contribution is 2.28. The van der Waals surface area contributed by atoms with Crippen LogP contribution >= 0.6 is 0 Å². The lowest BCUT2D eigenvalue weighted by Crippen LogP contribution is -2.23. The van der Waals surface area contributed by atoms with E-state index in [9.17, 15) is 4.39 Å². The monoisotopic (exact) mass is 260 g/mol. The maximum atomic E-state index is 14.4. The summed E-state index contributed by atoms with van der Waals surface area (Å²) in [5.41, 5.74) is 1.55. The summed E-state index contributed by atoms with van der Waals surface area (Å²) in [6.07, 6.45) is 3.41. The van der Waals surface area contributed by atoms with Crippen LogP contribution in [0.3, 0.4) is 0 Å². The molecule has 0 bridgehead atoms. The normalized spacial score (nSPS) is 12.2. The smallest absolute Gasteiger partial charge is 0.170 e. The van der Waals surface area contributed by atoms with Gasteiger partial charge in [-0.25, -0.2) is 4.39 Å². The van der Waals surface area contributed by atoms with Crippen LogP contribution in [0.5, 0.6) is 5.75 Å². The second-order valence-corrected chi connectivity index (χ2v) is 4.13. The van der Waals surface area contributed by atoms with E-state index in [-0.39, 0.29) is 17.6 Å². The lowest BCUT2D eigenvalue weighted by Gasteiger charge is -2.20. The molecule has 2 rings (SSSR count). The van der Waals surface area contributed by atoms with Crippen molar-refractivity contribution in [1.29, 1.82) is 0 Å². The van der Waals surface area contributed by atoms with Gasteiger partial charge in [-0.2, -0.15) is 0 Å². The third-order valence-corrected chi connectivity index (χ3v) is 2.97. The molecule has 19 heavy (non-hydrogen) atoms. The zero-order chi connectivity index (χ0) is 13.7. The van der Waals surface area contributed by atoms with Crippen molar-refractivity contribution in [3.05, 3.63) is 59.7 Å². The van der Waals surface area contributed by atoms with Gasteiger partial charge in [0, 0.05) is 18.0 Å². The molecule has 0 radical (unpaired) electrons. The summed E-state index contributed by atoms with van der Waals surface area (Å²) in [5.74, 6) is -0.0674. The van der Waals surface area contributed by atoms with E-state index in [4.69, 9.17) is 4.74 Å². The Balaban J connectivity index is 2.45. The largest absolute Gasteiger partial charge is 0.494 e. The van der Waals surface area contributed by atoms with Crippen molar-refractivity contribution in [2.75, 3.05) is 13.7 Å². The number of rotatable bonds is 5. The number of aromatic nitrogens is 1. The number of nitrogens with zero attached hydrogens (tertiary/aromatic N) is 1. The van der Waals surface area contributed by atoms with Crippen molar-refractivity contribution in [3.8, 4) is 5.75 Å². The molecule has 0 spiro atoms. The predicted octanol–water partition coefficient (Wildman–Crippen LogP) is 2.93. The molecular weight excluding hydrogens is 243 g/mol. The van der Waals surface area contributed by atoms with Crippen LogP contribution in [-0.2, 0) is 0 Å². The highest BCUT2D eigenvalue weighted by molar-refractivity contribution is 5.37. The molecule has 0 aliphatic rings. The van der Waals surface area contributed by atoms with E-state index < -0.39 is 0 Å². The van der Waals surface area contributed by atoms with Gasteiger partial charge in [0.1, 0.15) is 0 Å². The second kappa shape index (κ2) is 6.29. The van der Waals surface area contributed by atoms with Crippen LogP contribution in [0.15, 0.2) is 42.7 Å². The quantitative estimate of drug-likeness (QED) is 0.897. The van der Waals surface area contributed by atoms with Gasteiger partial charge in [0.15, 0.2) is 11.6 Å². The summed E-state index contributed by atoms with van der Waals surface area (Å²) in [5, 5.41) is 3.28. The first kappa shape index (κ1) is 13.5. The molecule has 0 amide bonds. The Bertz CT molecular complexity index is 531. The minimum Gasteiger partial charge on any atom is -0.494 e. The van der Waals surface area contributed by atoms with Gasteiger partial charge < -0.3 is 10.1 Å². The van der Waals surface area contributed by atoms with Crippen LogP contribution in [0.4, 0.5) is 4.39 Å². The SMILES string of the molecule is CCNC(c1ccncc1)c1cccc(OC)c1F. The molecule has 2 aromatic rings. The molecule has 0 aliphatic heterocycles. The van der Waals surface area contributed by atoms with Crippen LogP contribution in [0.25, 0.3) is 0 Å². The molecule has 1 unspecified atom stereocenters. The first-order chi connectivity index (χ1) is 9.27. The maximum Gasteiger partial charge on any atom is 0.170 e. The van der Waals surface area contributed by atoms with Gasteiger partial charge in [-0.15, -0.1) is 0 Å². The Kier molecular flexibility index (Phi) is 4.47. The highest BCUT2D eigenvalue weighted by atomic mass is 19.1. The number of benzene rings is 1. The number of hydrogen-bond donors (Lipinski definition) is 1. The maximum absolute atomic E-state index is 14.4. The van der Waals surface area contributed by atoms with Gasteiger partial charge in [-0.05, 0) is 30.3 Å². The third kappa shape index (κ3) is 2.90. The van der Waals surface area contributed by atoms with Crippen LogP contribution in [0.1, 0.15) is 24.1 Å². The van der Waals surface area contributed by atoms with Gasteiger partial charge in [-0.3, -0.25) is 4.98 Å². The van der Waals surface area contributed by atoms with Crippen LogP contribution in [0.2, 0.25) is 0 Å². The lowest BCUT2D eigenvalue weighted by molar-refractivity contribution is 0.381. The summed E-state index contributed by atoms with van der Waals surface area (Å²) in [6, 6.07) is 8.74. The van der Waals surface area contributed by atoms with Gasteiger partial charge in [0.05, 0.1) is 13.2 Å². The molecule has 0 saturated carbocycles. The molecule has 1 N–H and O–H groups in total. The molecule has 3 nitrogen and oxygen atoms in total. The summed E-state index contributed by atoms with van der Waals surface area (Å²) in [7, 11) is 1.47. The van der Waals surface area contributed by atoms with Gasteiger partial charge >= 0.3 is 0 Å². The number of nitrogens with one attached hydrogen (secondary N) is 1. The summed E-state index contributed by atoms with van der Waals surface area (Å²) in [4.78, 5) is 3.99. The number of hydrogen-bond acceptors (Lipinski definition) is 3. The van der Waals surface area contributed by atoms with Crippen molar-refractivity contribution in [2.24, 2.45) is 0 Å². The van der Waals surface area contributed by atoms with Gasteiger partial charge in [0.2, 0.25) is 0 Å². The average molecular weight is 260 g/mol. The van der Waals surface area contributed by atoms with Crippen molar-refractivity contribution >= 4 is 0 Å². The average Bonchev–Trinajstić information content (AvgIpc) is 2.46. The summed E-state index contributed by atoms with van der Waals surface area (Å²) >= 11 is 0. The van der Waals surface area contributed by atoms with Crippen molar-refractivity contribution < 1.29 is 9.13 Å². The molecule has 4 heteroatoms. The van der Waals surface area contributed by atoms with E-state index >= 15 is 0 Å². The van der Waals surface area contributed by atoms with E-state index in [0.29, 0.717) is 5.56 Å². The van der Waals surface area contributed by atoms with E-state index in [0.717, 1.165) is 12.1 Å². The van der Waals surface area contributed by atoms with E-state index in [2.05, 4.69) is 10.3 Å². The third-order valence-electron chi connectivity index (χ3n) is 2.97. The fourth-order valence-electron chi connectivity index (χ4n) is 2.08. The van der Waals surface area contributed by atoms with E-state index in [1.54, 1.807) is 30.6 Å². The standard InChI is InChI=1S/C15H17FN2O/c1-3-18-15(11-7-9-17-10-8-11)12-5-4-6-13(19-2)14(12)16/h4-10,15,18H,3H2,1-2H3. The number of ether oxygens (including phenoxy) is 1. The highest BCUT2D eigenvalue weighted by Gasteiger charge is 2.19. The zero-order valence-electron chi connectivity index (χ0n) is 11.1. The lowest BCUT2D eigenvalue weighted by atomic mass is 9.98. The number of halogens is 1.